The molecule has 0 saturated heterocycles. The molecule has 0 radical (unpaired) electrons. The molecule has 1 aliphatic heterocycles. The summed E-state index contributed by atoms with van der Waals surface area (Å²) in [4.78, 5) is 30.6. The Bertz CT molecular complexity index is 1620. The Morgan fingerprint density at radius 3 is 2.44 bits per heavy atom. The Labute approximate surface area is 284 Å². The highest BCUT2D eigenvalue weighted by atomic mass is 32.2. The highest BCUT2D eigenvalue weighted by Gasteiger charge is 2.31. The number of carbonyl (C=O) groups is 2. The third kappa shape index (κ3) is 9.94. The maximum Gasteiger partial charge on any atom is 0.321 e. The first-order chi connectivity index (χ1) is 22.9. The molecule has 4 atom stereocenters. The van der Waals surface area contributed by atoms with Gasteiger partial charge in [0, 0.05) is 44.0 Å². The summed E-state index contributed by atoms with van der Waals surface area (Å²) in [5, 5.41) is 13.1. The van der Waals surface area contributed by atoms with Crippen LogP contribution in [0.2, 0.25) is 0 Å². The van der Waals surface area contributed by atoms with Crippen molar-refractivity contribution in [3.05, 3.63) is 83.9 Å². The van der Waals surface area contributed by atoms with Crippen LogP contribution in [0, 0.1) is 12.8 Å². The van der Waals surface area contributed by atoms with Crippen LogP contribution in [0.3, 0.4) is 0 Å². The molecule has 260 valence electrons. The van der Waals surface area contributed by atoms with Crippen LogP contribution < -0.4 is 14.8 Å². The number of aliphatic hydroxyl groups is 1. The van der Waals surface area contributed by atoms with Gasteiger partial charge in [-0.1, -0.05) is 42.8 Å². The average molecular weight is 681 g/mol. The fraction of sp³-hybridized carbons (Fsp3) is 0.444. The number of rotatable bonds is 8. The van der Waals surface area contributed by atoms with Gasteiger partial charge in [0.2, 0.25) is 0 Å². The summed E-state index contributed by atoms with van der Waals surface area (Å²) in [5.74, 6) is -0.340. The van der Waals surface area contributed by atoms with Gasteiger partial charge in [0.1, 0.15) is 5.75 Å². The molecule has 0 unspecified atom stereocenters. The summed E-state index contributed by atoms with van der Waals surface area (Å²) in [6.45, 7) is 8.15. The Morgan fingerprint density at radius 2 is 1.75 bits per heavy atom. The van der Waals surface area contributed by atoms with Crippen molar-refractivity contribution in [3.63, 3.8) is 0 Å². The molecule has 0 saturated carbocycles. The highest BCUT2D eigenvalue weighted by Crippen LogP contribution is 2.29. The minimum absolute atomic E-state index is 0.0993. The summed E-state index contributed by atoms with van der Waals surface area (Å²) in [6.07, 6.45) is 1.65. The Kier molecular flexibility index (Phi) is 12.9. The predicted molar refractivity (Wildman–Crippen MR) is 187 cm³/mol. The number of hydrogen-bond donors (Lipinski definition) is 3. The van der Waals surface area contributed by atoms with E-state index in [0.717, 1.165) is 18.4 Å². The Balaban J connectivity index is 1.63. The molecule has 0 aromatic heterocycles. The normalized spacial score (nSPS) is 20.1. The number of urea groups is 1. The van der Waals surface area contributed by atoms with Crippen molar-refractivity contribution in [3.8, 4) is 5.75 Å². The zero-order chi connectivity index (χ0) is 34.8. The fourth-order valence-electron chi connectivity index (χ4n) is 5.47. The van der Waals surface area contributed by atoms with E-state index < -0.39 is 28.1 Å². The van der Waals surface area contributed by atoms with Crippen LogP contribution in [0.4, 0.5) is 16.2 Å². The number of ether oxygens (including phenoxy) is 2. The number of aryl methyl sites for hydroxylation is 1. The van der Waals surface area contributed by atoms with Gasteiger partial charge in [-0.25, -0.2) is 13.2 Å². The van der Waals surface area contributed by atoms with Crippen LogP contribution in [0.15, 0.2) is 77.7 Å². The number of likely N-dealkylation sites (N-methyl/N-ethyl adjacent to an activating group) is 1. The minimum atomic E-state index is -3.93. The predicted octanol–water partition coefficient (Wildman–Crippen LogP) is 5.76. The third-order valence-electron chi connectivity index (χ3n) is 8.46. The van der Waals surface area contributed by atoms with E-state index in [9.17, 15) is 23.1 Å². The van der Waals surface area contributed by atoms with E-state index in [0.29, 0.717) is 24.5 Å². The molecular formula is C36H48N4O7S. The third-order valence-corrected chi connectivity index (χ3v) is 9.86. The first-order valence-electron chi connectivity index (χ1n) is 16.4. The molecule has 3 N–H and O–H groups in total. The molecule has 0 bridgehead atoms. The molecule has 3 amide bonds. The number of fused-ring (bicyclic) bond motifs is 1. The summed E-state index contributed by atoms with van der Waals surface area (Å²) < 4.78 is 41.6. The second-order valence-corrected chi connectivity index (χ2v) is 14.3. The molecule has 0 aliphatic carbocycles. The number of benzene rings is 3. The highest BCUT2D eigenvalue weighted by molar-refractivity contribution is 7.92. The largest absolute Gasteiger partial charge is 0.490 e. The van der Waals surface area contributed by atoms with Gasteiger partial charge in [-0.2, -0.15) is 0 Å². The van der Waals surface area contributed by atoms with E-state index in [1.165, 1.54) is 18.2 Å². The number of hydrogen-bond acceptors (Lipinski definition) is 7. The molecule has 48 heavy (non-hydrogen) atoms. The fourth-order valence-corrected chi connectivity index (χ4v) is 6.52. The summed E-state index contributed by atoms with van der Waals surface area (Å²) in [7, 11) is -2.23. The second kappa shape index (κ2) is 16.8. The molecule has 4 rings (SSSR count). The molecule has 3 aromatic rings. The van der Waals surface area contributed by atoms with Crippen LogP contribution in [0.25, 0.3) is 0 Å². The van der Waals surface area contributed by atoms with Crippen molar-refractivity contribution in [2.75, 3.05) is 43.4 Å². The molecule has 3 aromatic carbocycles. The molecule has 11 nitrogen and oxygen atoms in total. The van der Waals surface area contributed by atoms with Crippen molar-refractivity contribution in [1.29, 1.82) is 0 Å². The Hall–Kier alpha value is -4.13. The first kappa shape index (κ1) is 36.7. The van der Waals surface area contributed by atoms with E-state index in [2.05, 4.69) is 10.0 Å². The van der Waals surface area contributed by atoms with E-state index in [-0.39, 0.29) is 53.9 Å². The van der Waals surface area contributed by atoms with E-state index >= 15 is 0 Å². The van der Waals surface area contributed by atoms with E-state index in [1.807, 2.05) is 51.1 Å². The Morgan fingerprint density at radius 1 is 1.04 bits per heavy atom. The van der Waals surface area contributed by atoms with Crippen molar-refractivity contribution >= 4 is 33.3 Å². The lowest BCUT2D eigenvalue weighted by Gasteiger charge is -2.35. The van der Waals surface area contributed by atoms with Crippen molar-refractivity contribution in [2.24, 2.45) is 5.92 Å². The molecule has 0 spiro atoms. The second-order valence-electron chi connectivity index (χ2n) is 12.6. The lowest BCUT2D eigenvalue weighted by atomic mass is 10.0. The molecule has 1 heterocycles. The zero-order valence-electron chi connectivity index (χ0n) is 28.4. The van der Waals surface area contributed by atoms with Gasteiger partial charge >= 0.3 is 6.03 Å². The summed E-state index contributed by atoms with van der Waals surface area (Å²) in [6, 6.07) is 19.5. The van der Waals surface area contributed by atoms with Crippen molar-refractivity contribution < 1.29 is 32.6 Å². The quantitative estimate of drug-likeness (QED) is 0.275. The van der Waals surface area contributed by atoms with Gasteiger partial charge in [-0.05, 0) is 82.5 Å². The summed E-state index contributed by atoms with van der Waals surface area (Å²) in [5.41, 5.74) is 1.99. The van der Waals surface area contributed by atoms with E-state index in [1.54, 1.807) is 48.0 Å². The van der Waals surface area contributed by atoms with Crippen LogP contribution in [-0.2, 0) is 14.8 Å². The zero-order valence-corrected chi connectivity index (χ0v) is 29.2. The average Bonchev–Trinajstić information content (AvgIpc) is 3.06. The van der Waals surface area contributed by atoms with Gasteiger partial charge < -0.3 is 29.7 Å². The number of anilines is 2. The maximum atomic E-state index is 14.4. The number of para-hydroxylation sites is 1. The number of nitrogens with zero attached hydrogens (tertiary/aromatic N) is 2. The maximum absolute atomic E-state index is 14.4. The molecule has 12 heteroatoms. The van der Waals surface area contributed by atoms with Gasteiger partial charge in [0.25, 0.3) is 15.9 Å². The number of amides is 3. The first-order valence-corrected chi connectivity index (χ1v) is 17.9. The van der Waals surface area contributed by atoms with Crippen molar-refractivity contribution in [2.45, 2.75) is 70.1 Å². The van der Waals surface area contributed by atoms with Gasteiger partial charge in [0.15, 0.2) is 0 Å². The van der Waals surface area contributed by atoms with Crippen molar-refractivity contribution in [1.82, 2.24) is 9.80 Å². The standard InChI is InChI=1S/C36H48N4O7S/c1-25-14-17-31(18-15-25)48(44,45)38-30-16-19-33-32(21-30)35(42)40(27(3)24-41)22-26(2)34(46-20-10-9-11-28(4)47-33)23-39(5)36(43)37-29-12-7-6-8-13-29/h6-8,12-19,21,26-28,34,38,41H,9-11,20,22-24H2,1-5H3,(H,37,43)/t26-,27+,28+,34-/m1/s1. The smallest absolute Gasteiger partial charge is 0.321 e. The summed E-state index contributed by atoms with van der Waals surface area (Å²) >= 11 is 0. The van der Waals surface area contributed by atoms with Crippen LogP contribution >= 0.6 is 0 Å². The molecule has 1 aliphatic rings. The molecular weight excluding hydrogens is 632 g/mol. The van der Waals surface area contributed by atoms with Gasteiger partial charge in [-0.15, -0.1) is 0 Å². The number of carbonyl (C=O) groups excluding carboxylic acids is 2. The van der Waals surface area contributed by atoms with E-state index in [4.69, 9.17) is 9.47 Å². The van der Waals surface area contributed by atoms with Crippen LogP contribution in [0.1, 0.15) is 56.0 Å². The SMILES string of the molecule is Cc1ccc(S(=O)(=O)Nc2ccc3c(c2)C(=O)N([C@@H](C)CO)C[C@@H](C)[C@@H](CN(C)C(=O)Nc2ccccc2)OCCCC[C@H](C)O3)cc1. The minimum Gasteiger partial charge on any atom is -0.490 e. The monoisotopic (exact) mass is 680 g/mol. The van der Waals surface area contributed by atoms with Gasteiger partial charge in [0.05, 0.1) is 35.3 Å². The van der Waals surface area contributed by atoms with Crippen LogP contribution in [0.5, 0.6) is 5.75 Å². The van der Waals surface area contributed by atoms with Crippen LogP contribution in [-0.4, -0.2) is 86.9 Å². The topological polar surface area (TPSA) is 138 Å². The number of aliphatic hydroxyl groups excluding tert-OH is 1. The van der Waals surface area contributed by atoms with Gasteiger partial charge in [-0.3, -0.25) is 9.52 Å². The number of nitrogens with one attached hydrogen (secondary N) is 2. The molecule has 0 fully saturated rings. The number of sulfonamides is 1. The lowest BCUT2D eigenvalue weighted by molar-refractivity contribution is -0.0115. The lowest BCUT2D eigenvalue weighted by Crippen LogP contribution is -2.48.